The quantitative estimate of drug-likeness (QED) is 0.520. The van der Waals surface area contributed by atoms with Crippen molar-refractivity contribution >= 4 is 11.4 Å². The lowest BCUT2D eigenvalue weighted by atomic mass is 9.50. The molecule has 0 unspecified atom stereocenters. The first-order valence-corrected chi connectivity index (χ1v) is 13.4. The van der Waals surface area contributed by atoms with Crippen LogP contribution in [0.25, 0.3) is 16.7 Å². The zero-order valence-electron chi connectivity index (χ0n) is 20.6. The summed E-state index contributed by atoms with van der Waals surface area (Å²) in [4.78, 5) is 13.4. The zero-order valence-corrected chi connectivity index (χ0v) is 20.6. The Morgan fingerprint density at radius 2 is 1.86 bits per heavy atom. The van der Waals surface area contributed by atoms with E-state index < -0.39 is 5.60 Å². The van der Waals surface area contributed by atoms with Crippen molar-refractivity contribution in [3.8, 4) is 11.1 Å². The van der Waals surface area contributed by atoms with Crippen molar-refractivity contribution in [1.82, 2.24) is 0 Å². The molecule has 35 heavy (non-hydrogen) atoms. The van der Waals surface area contributed by atoms with Gasteiger partial charge in [0.25, 0.3) is 0 Å². The van der Waals surface area contributed by atoms with Crippen LogP contribution < -0.4 is 0 Å². The third-order valence-electron chi connectivity index (χ3n) is 10.2. The molecule has 2 aromatic rings. The van der Waals surface area contributed by atoms with Gasteiger partial charge in [-0.2, -0.15) is 0 Å². The van der Waals surface area contributed by atoms with Crippen molar-refractivity contribution in [2.75, 3.05) is 6.61 Å². The van der Waals surface area contributed by atoms with Gasteiger partial charge in [0.05, 0.1) is 24.7 Å². The Morgan fingerprint density at radius 1 is 1.03 bits per heavy atom. The molecule has 2 N–H and O–H groups in total. The second kappa shape index (κ2) is 8.60. The van der Waals surface area contributed by atoms with Gasteiger partial charge in [-0.3, -0.25) is 4.79 Å². The Morgan fingerprint density at radius 3 is 2.63 bits per heavy atom. The topological polar surface area (TPSA) is 70.7 Å². The summed E-state index contributed by atoms with van der Waals surface area (Å²) in [6, 6.07) is 10.3. The highest BCUT2D eigenvalue weighted by Gasteiger charge is 2.61. The molecule has 0 amide bonds. The Balaban J connectivity index is 1.37. The summed E-state index contributed by atoms with van der Waals surface area (Å²) in [6.07, 6.45) is 14.7. The predicted molar refractivity (Wildman–Crippen MR) is 136 cm³/mol. The molecule has 4 nitrogen and oxygen atoms in total. The molecule has 1 aromatic carbocycles. The molecule has 0 spiro atoms. The van der Waals surface area contributed by atoms with Crippen molar-refractivity contribution in [3.63, 3.8) is 0 Å². The smallest absolute Gasteiger partial charge is 0.163 e. The third-order valence-corrected chi connectivity index (χ3v) is 10.2. The van der Waals surface area contributed by atoms with Gasteiger partial charge in [0.1, 0.15) is 0 Å². The highest BCUT2D eigenvalue weighted by atomic mass is 16.3. The fourth-order valence-corrected chi connectivity index (χ4v) is 8.55. The fourth-order valence-electron chi connectivity index (χ4n) is 8.55. The average Bonchev–Trinajstić information content (AvgIpc) is 3.49. The molecule has 0 radical (unpaired) electrons. The van der Waals surface area contributed by atoms with E-state index in [1.165, 1.54) is 5.57 Å². The lowest BCUT2D eigenvalue weighted by molar-refractivity contribution is -0.115. The molecule has 6 rings (SSSR count). The number of rotatable bonds is 4. The number of carbonyl (C=O) groups excluding carboxylic acids is 1. The molecular formula is C31H36O4. The summed E-state index contributed by atoms with van der Waals surface area (Å²) in [5.41, 5.74) is 4.55. The van der Waals surface area contributed by atoms with Gasteiger partial charge in [0.2, 0.25) is 0 Å². The number of Topliss-reactive ketones (excluding diaryl/α,β-unsaturated/α-hetero) is 1. The molecular weight excluding hydrogens is 436 g/mol. The molecule has 184 valence electrons. The Labute approximate surface area is 207 Å². The Kier molecular flexibility index (Phi) is 5.65. The van der Waals surface area contributed by atoms with E-state index in [0.717, 1.165) is 67.2 Å². The number of benzene rings is 1. The standard InChI is InChI=1S/C31H36O4/c1-30-15-11-23-22-9-10-28(33)29(25-6-3-2-5-21(25)20-13-18-35-19-20)26(22)8-7-24(23)27(30)12-16-31(30,34)14-4-17-32/h2-6,13-14,18-19,22-24,27,32,34H,7-12,15-17H2,1H3/b14-4-/t22-,23-,24-,27+,30+,31+/m1/s1. The van der Waals surface area contributed by atoms with E-state index in [0.29, 0.717) is 30.1 Å². The lowest BCUT2D eigenvalue weighted by Crippen LogP contribution is -2.52. The molecule has 4 heteroatoms. The van der Waals surface area contributed by atoms with E-state index in [1.54, 1.807) is 18.6 Å². The molecule has 1 aromatic heterocycles. The molecule has 6 atom stereocenters. The van der Waals surface area contributed by atoms with Gasteiger partial charge in [-0.25, -0.2) is 0 Å². The van der Waals surface area contributed by atoms with Gasteiger partial charge in [0, 0.05) is 23.0 Å². The van der Waals surface area contributed by atoms with Crippen molar-refractivity contribution in [3.05, 3.63) is 66.1 Å². The van der Waals surface area contributed by atoms with Crippen molar-refractivity contribution in [1.29, 1.82) is 0 Å². The van der Waals surface area contributed by atoms with E-state index in [-0.39, 0.29) is 17.8 Å². The number of hydrogen-bond acceptors (Lipinski definition) is 4. The van der Waals surface area contributed by atoms with E-state index >= 15 is 0 Å². The van der Waals surface area contributed by atoms with Crippen LogP contribution in [0.1, 0.15) is 63.9 Å². The average molecular weight is 473 g/mol. The maximum Gasteiger partial charge on any atom is 0.163 e. The summed E-state index contributed by atoms with van der Waals surface area (Å²) in [7, 11) is 0. The lowest BCUT2D eigenvalue weighted by Gasteiger charge is -2.55. The highest BCUT2D eigenvalue weighted by Crippen LogP contribution is 2.65. The van der Waals surface area contributed by atoms with Crippen LogP contribution in [0, 0.1) is 29.1 Å². The summed E-state index contributed by atoms with van der Waals surface area (Å²) < 4.78 is 5.37. The van der Waals surface area contributed by atoms with Gasteiger partial charge in [-0.15, -0.1) is 0 Å². The van der Waals surface area contributed by atoms with Crippen LogP contribution in [-0.4, -0.2) is 28.2 Å². The molecule has 0 bridgehead atoms. The predicted octanol–water partition coefficient (Wildman–Crippen LogP) is 6.20. The van der Waals surface area contributed by atoms with Gasteiger partial charge in [0.15, 0.2) is 5.78 Å². The summed E-state index contributed by atoms with van der Waals surface area (Å²) in [6.45, 7) is 2.26. The number of aliphatic hydroxyl groups is 2. The number of furan rings is 1. The van der Waals surface area contributed by atoms with Crippen molar-refractivity contribution < 1.29 is 19.4 Å². The fraction of sp³-hybridized carbons (Fsp3) is 0.516. The van der Waals surface area contributed by atoms with Crippen LogP contribution in [-0.2, 0) is 4.79 Å². The van der Waals surface area contributed by atoms with Crippen LogP contribution in [0.3, 0.4) is 0 Å². The molecule has 1 heterocycles. The molecule has 0 saturated heterocycles. The van der Waals surface area contributed by atoms with Crippen LogP contribution in [0.4, 0.5) is 0 Å². The largest absolute Gasteiger partial charge is 0.472 e. The number of carbonyl (C=O) groups is 1. The van der Waals surface area contributed by atoms with Gasteiger partial charge in [-0.05, 0) is 85.8 Å². The minimum absolute atomic E-state index is 0.0254. The van der Waals surface area contributed by atoms with E-state index in [1.807, 2.05) is 24.3 Å². The number of hydrogen-bond donors (Lipinski definition) is 2. The summed E-state index contributed by atoms with van der Waals surface area (Å²) in [5.74, 6) is 2.43. The maximum absolute atomic E-state index is 13.4. The number of allylic oxidation sites excluding steroid dienone is 1. The molecule has 3 fully saturated rings. The van der Waals surface area contributed by atoms with E-state index in [9.17, 15) is 15.0 Å². The Bertz CT molecular complexity index is 1170. The summed E-state index contributed by atoms with van der Waals surface area (Å²) >= 11 is 0. The molecule has 4 aliphatic rings. The van der Waals surface area contributed by atoms with E-state index in [2.05, 4.69) is 19.1 Å². The first kappa shape index (κ1) is 23.0. The van der Waals surface area contributed by atoms with Gasteiger partial charge >= 0.3 is 0 Å². The normalized spacial score (nSPS) is 36.8. The van der Waals surface area contributed by atoms with Gasteiger partial charge < -0.3 is 14.6 Å². The van der Waals surface area contributed by atoms with Crippen molar-refractivity contribution in [2.24, 2.45) is 29.1 Å². The summed E-state index contributed by atoms with van der Waals surface area (Å²) in [5, 5.41) is 20.9. The van der Waals surface area contributed by atoms with E-state index in [4.69, 9.17) is 4.42 Å². The minimum Gasteiger partial charge on any atom is -0.472 e. The van der Waals surface area contributed by atoms with Crippen LogP contribution in [0.2, 0.25) is 0 Å². The molecule has 3 saturated carbocycles. The minimum atomic E-state index is -0.821. The molecule has 4 aliphatic carbocycles. The first-order valence-electron chi connectivity index (χ1n) is 13.4. The highest BCUT2D eigenvalue weighted by molar-refractivity contribution is 6.24. The Hall–Kier alpha value is -2.43. The SMILES string of the molecule is C[C@]12CC[C@H]3[C@@H](CCC4=C(c5ccccc5-c5ccoc5)C(=O)CC[C@@H]43)[C@@H]1CC[C@@]2(O)/C=C\CO. The van der Waals surface area contributed by atoms with Gasteiger partial charge in [-0.1, -0.05) is 48.9 Å². The maximum atomic E-state index is 13.4. The number of ketones is 1. The first-order chi connectivity index (χ1) is 17.0. The van der Waals surface area contributed by atoms with Crippen LogP contribution in [0.5, 0.6) is 0 Å². The monoisotopic (exact) mass is 472 g/mol. The van der Waals surface area contributed by atoms with Crippen LogP contribution in [0.15, 0.2) is 65.0 Å². The third kappa shape index (κ3) is 3.44. The van der Waals surface area contributed by atoms with Crippen molar-refractivity contribution in [2.45, 2.75) is 63.9 Å². The number of fused-ring (bicyclic) bond motifs is 5. The molecule has 0 aliphatic heterocycles. The zero-order chi connectivity index (χ0) is 24.2. The second-order valence-electron chi connectivity index (χ2n) is 11.5. The number of aliphatic hydroxyl groups excluding tert-OH is 1. The van der Waals surface area contributed by atoms with Crippen LogP contribution >= 0.6 is 0 Å². The second-order valence-corrected chi connectivity index (χ2v) is 11.5.